The van der Waals surface area contributed by atoms with Crippen LogP contribution in [0.15, 0.2) is 48.5 Å². The van der Waals surface area contributed by atoms with E-state index in [0.29, 0.717) is 31.0 Å². The van der Waals surface area contributed by atoms with Crippen molar-refractivity contribution in [3.05, 3.63) is 87.7 Å². The number of benzene rings is 2. The van der Waals surface area contributed by atoms with Gasteiger partial charge in [-0.25, -0.2) is 9.59 Å². The van der Waals surface area contributed by atoms with Gasteiger partial charge >= 0.3 is 12.1 Å². The zero-order chi connectivity index (χ0) is 31.7. The number of amides is 2. The van der Waals surface area contributed by atoms with E-state index >= 15 is 0 Å². The van der Waals surface area contributed by atoms with Crippen LogP contribution < -0.4 is 16.4 Å². The summed E-state index contributed by atoms with van der Waals surface area (Å²) in [5, 5.41) is 5.90. The van der Waals surface area contributed by atoms with E-state index < -0.39 is 17.7 Å². The zero-order valence-electron chi connectivity index (χ0n) is 26.3. The maximum Gasteiger partial charge on any atom is 0.407 e. The lowest BCUT2D eigenvalue weighted by Crippen LogP contribution is -2.33. The topological polar surface area (TPSA) is 133 Å². The minimum atomic E-state index is -0.639. The van der Waals surface area contributed by atoms with E-state index in [4.69, 9.17) is 20.2 Å². The second-order valence-corrected chi connectivity index (χ2v) is 12.0. The highest BCUT2D eigenvalue weighted by molar-refractivity contribution is 5.89. The highest BCUT2D eigenvalue weighted by atomic mass is 16.6. The molecule has 0 aliphatic rings. The Balaban J connectivity index is 1.99. The van der Waals surface area contributed by atoms with Gasteiger partial charge in [-0.15, -0.1) is 0 Å². The van der Waals surface area contributed by atoms with E-state index in [2.05, 4.69) is 24.5 Å². The summed E-state index contributed by atoms with van der Waals surface area (Å²) in [6, 6.07) is 14.8. The third-order valence-corrected chi connectivity index (χ3v) is 6.78. The van der Waals surface area contributed by atoms with Crippen molar-refractivity contribution in [3.63, 3.8) is 0 Å². The lowest BCUT2D eigenvalue weighted by Gasteiger charge is -2.23. The predicted octanol–water partition coefficient (Wildman–Crippen LogP) is 5.38. The van der Waals surface area contributed by atoms with Crippen molar-refractivity contribution in [1.82, 2.24) is 15.6 Å². The van der Waals surface area contributed by atoms with E-state index in [1.54, 1.807) is 24.3 Å². The molecule has 4 N–H and O–H groups in total. The second kappa shape index (κ2) is 14.8. The van der Waals surface area contributed by atoms with Gasteiger partial charge in [0.05, 0.1) is 19.1 Å². The van der Waals surface area contributed by atoms with Gasteiger partial charge in [-0.2, -0.15) is 0 Å². The Morgan fingerprint density at radius 3 is 2.09 bits per heavy atom. The maximum atomic E-state index is 13.3. The Kier molecular flexibility index (Phi) is 11.4. The second-order valence-electron chi connectivity index (χ2n) is 12.0. The molecule has 2 aromatic carbocycles. The quantitative estimate of drug-likeness (QED) is 0.256. The molecule has 43 heavy (non-hydrogen) atoms. The average molecular weight is 589 g/mol. The first kappa shape index (κ1) is 33.3. The molecule has 0 aliphatic carbocycles. The molecular weight excluding hydrogens is 544 g/mol. The number of methoxy groups -OCH3 is 1. The molecule has 0 unspecified atom stereocenters. The summed E-state index contributed by atoms with van der Waals surface area (Å²) in [7, 11) is 1.34. The summed E-state index contributed by atoms with van der Waals surface area (Å²) in [5.41, 5.74) is 12.6. The fourth-order valence-corrected chi connectivity index (χ4v) is 4.74. The van der Waals surface area contributed by atoms with Crippen molar-refractivity contribution in [2.75, 3.05) is 7.11 Å². The summed E-state index contributed by atoms with van der Waals surface area (Å²) < 4.78 is 10.3. The zero-order valence-corrected chi connectivity index (χ0v) is 26.3. The standard InChI is InChI=1S/C34H44N4O5/c1-21(2)16-29-28(20-37-33(41)43-34(4,5)6)31(25-12-8-23(18-35)9-13-25)27(22(3)38-29)17-30(39)36-19-24-10-14-26(15-11-24)32(40)42-7/h8-15,21H,16-20,35H2,1-7H3,(H,36,39)(H,37,41). The number of carbonyl (C=O) groups is 3. The van der Waals surface area contributed by atoms with E-state index in [-0.39, 0.29) is 18.9 Å². The fraction of sp³-hybridized carbons (Fsp3) is 0.412. The van der Waals surface area contributed by atoms with E-state index in [1.807, 2.05) is 52.0 Å². The highest BCUT2D eigenvalue weighted by Gasteiger charge is 2.23. The predicted molar refractivity (Wildman–Crippen MR) is 167 cm³/mol. The molecule has 1 heterocycles. The Morgan fingerprint density at radius 1 is 0.907 bits per heavy atom. The van der Waals surface area contributed by atoms with Crippen molar-refractivity contribution in [2.24, 2.45) is 11.7 Å². The highest BCUT2D eigenvalue weighted by Crippen LogP contribution is 2.33. The molecule has 0 radical (unpaired) electrons. The van der Waals surface area contributed by atoms with E-state index in [1.165, 1.54) is 7.11 Å². The van der Waals surface area contributed by atoms with Crippen LogP contribution in [0.25, 0.3) is 11.1 Å². The maximum absolute atomic E-state index is 13.3. The number of rotatable bonds is 11. The van der Waals surface area contributed by atoms with Crippen molar-refractivity contribution < 1.29 is 23.9 Å². The number of nitrogens with one attached hydrogen (secondary N) is 2. The molecule has 3 rings (SSSR count). The van der Waals surface area contributed by atoms with E-state index in [9.17, 15) is 14.4 Å². The van der Waals surface area contributed by atoms with Crippen LogP contribution in [0.4, 0.5) is 4.79 Å². The number of alkyl carbamates (subject to hydrolysis) is 1. The van der Waals surface area contributed by atoms with Crippen molar-refractivity contribution in [1.29, 1.82) is 0 Å². The van der Waals surface area contributed by atoms with Crippen LogP contribution in [0.5, 0.6) is 0 Å². The molecule has 0 spiro atoms. The van der Waals surface area contributed by atoms with Gasteiger partial charge in [0, 0.05) is 36.6 Å². The number of carbonyl (C=O) groups excluding carboxylic acids is 3. The molecule has 0 atom stereocenters. The Labute approximate surface area is 254 Å². The van der Waals surface area contributed by atoms with Crippen LogP contribution in [0.3, 0.4) is 0 Å². The molecular formula is C34H44N4O5. The van der Waals surface area contributed by atoms with Crippen LogP contribution in [0, 0.1) is 12.8 Å². The van der Waals surface area contributed by atoms with Gasteiger partial charge in [0.1, 0.15) is 5.60 Å². The van der Waals surface area contributed by atoms with Gasteiger partial charge in [0.15, 0.2) is 0 Å². The van der Waals surface area contributed by atoms with Gasteiger partial charge in [-0.1, -0.05) is 50.2 Å². The Hall–Kier alpha value is -4.24. The fourth-order valence-electron chi connectivity index (χ4n) is 4.74. The molecule has 0 saturated carbocycles. The molecule has 230 valence electrons. The number of esters is 1. The van der Waals surface area contributed by atoms with E-state index in [0.717, 1.165) is 44.8 Å². The van der Waals surface area contributed by atoms with Gasteiger partial charge < -0.3 is 25.8 Å². The van der Waals surface area contributed by atoms with Crippen molar-refractivity contribution >= 4 is 18.0 Å². The first-order valence-electron chi connectivity index (χ1n) is 14.5. The minimum absolute atomic E-state index is 0.0917. The summed E-state index contributed by atoms with van der Waals surface area (Å²) in [6.07, 6.45) is 0.272. The molecule has 2 amide bonds. The molecule has 3 aromatic rings. The summed E-state index contributed by atoms with van der Waals surface area (Å²) in [4.78, 5) is 42.7. The summed E-state index contributed by atoms with van der Waals surface area (Å²) in [6.45, 7) is 12.5. The summed E-state index contributed by atoms with van der Waals surface area (Å²) in [5.74, 6) is -0.271. The number of hydrogen-bond donors (Lipinski definition) is 3. The number of hydrogen-bond acceptors (Lipinski definition) is 7. The SMILES string of the molecule is COC(=O)c1ccc(CNC(=O)Cc2c(C)nc(CC(C)C)c(CNC(=O)OC(C)(C)C)c2-c2ccc(CN)cc2)cc1. The number of nitrogens with zero attached hydrogens (tertiary/aromatic N) is 1. The van der Waals surface area contributed by atoms with Crippen LogP contribution >= 0.6 is 0 Å². The molecule has 0 bridgehead atoms. The number of ether oxygens (including phenoxy) is 2. The first-order valence-corrected chi connectivity index (χ1v) is 14.5. The molecule has 0 aliphatic heterocycles. The van der Waals surface area contributed by atoms with Crippen LogP contribution in [-0.2, 0) is 46.7 Å². The number of nitrogens with two attached hydrogens (primary N) is 1. The number of aromatic nitrogens is 1. The monoisotopic (exact) mass is 588 g/mol. The molecule has 9 heteroatoms. The smallest absolute Gasteiger partial charge is 0.407 e. The minimum Gasteiger partial charge on any atom is -0.465 e. The van der Waals surface area contributed by atoms with Gasteiger partial charge in [0.25, 0.3) is 0 Å². The summed E-state index contributed by atoms with van der Waals surface area (Å²) >= 11 is 0. The number of aryl methyl sites for hydroxylation is 1. The molecule has 0 fully saturated rings. The third-order valence-electron chi connectivity index (χ3n) is 6.78. The molecule has 9 nitrogen and oxygen atoms in total. The van der Waals surface area contributed by atoms with Gasteiger partial charge in [-0.3, -0.25) is 9.78 Å². The number of pyridine rings is 1. The Bertz CT molecular complexity index is 1430. The van der Waals surface area contributed by atoms with Crippen molar-refractivity contribution in [3.8, 4) is 11.1 Å². The normalized spacial score (nSPS) is 11.3. The van der Waals surface area contributed by atoms with Crippen LogP contribution in [0.2, 0.25) is 0 Å². The first-order chi connectivity index (χ1) is 20.3. The molecule has 0 saturated heterocycles. The Morgan fingerprint density at radius 2 is 1.53 bits per heavy atom. The van der Waals surface area contributed by atoms with Gasteiger partial charge in [0.2, 0.25) is 5.91 Å². The average Bonchev–Trinajstić information content (AvgIpc) is 2.95. The van der Waals surface area contributed by atoms with Crippen LogP contribution in [-0.4, -0.2) is 35.7 Å². The molecule has 1 aromatic heterocycles. The lowest BCUT2D eigenvalue weighted by molar-refractivity contribution is -0.120. The largest absolute Gasteiger partial charge is 0.465 e. The third kappa shape index (κ3) is 9.64. The lowest BCUT2D eigenvalue weighted by atomic mass is 9.88. The van der Waals surface area contributed by atoms with Crippen LogP contribution in [0.1, 0.15) is 78.6 Å². The van der Waals surface area contributed by atoms with Gasteiger partial charge in [-0.05, 0) is 80.0 Å². The van der Waals surface area contributed by atoms with Crippen molar-refractivity contribution in [2.45, 2.75) is 79.6 Å².